The Hall–Kier alpha value is -1.31. The topological polar surface area (TPSA) is 26.3 Å². The van der Waals surface area contributed by atoms with E-state index in [1.807, 2.05) is 6.92 Å². The summed E-state index contributed by atoms with van der Waals surface area (Å²) >= 11 is 0. The smallest absolute Gasteiger partial charge is 0.309 e. The second-order valence-corrected chi connectivity index (χ2v) is 5.43. The molecule has 1 aromatic carbocycles. The zero-order valence-electron chi connectivity index (χ0n) is 11.5. The molecule has 0 aliphatic heterocycles. The van der Waals surface area contributed by atoms with E-state index in [0.717, 1.165) is 19.3 Å². The summed E-state index contributed by atoms with van der Waals surface area (Å²) in [5.74, 6) is -0.0171. The molecule has 0 amide bonds. The summed E-state index contributed by atoms with van der Waals surface area (Å²) in [6.45, 7) is 6.80. The summed E-state index contributed by atoms with van der Waals surface area (Å²) < 4.78 is 5.20. The fourth-order valence-corrected chi connectivity index (χ4v) is 3.04. The minimum atomic E-state index is -0.0355. The van der Waals surface area contributed by atoms with E-state index >= 15 is 0 Å². The van der Waals surface area contributed by atoms with Crippen LogP contribution in [-0.4, -0.2) is 12.6 Å². The van der Waals surface area contributed by atoms with Crippen molar-refractivity contribution in [1.82, 2.24) is 0 Å². The largest absolute Gasteiger partial charge is 0.466 e. The molecule has 0 saturated heterocycles. The van der Waals surface area contributed by atoms with Crippen molar-refractivity contribution in [3.63, 3.8) is 0 Å². The number of hydrogen-bond donors (Lipinski definition) is 0. The quantitative estimate of drug-likeness (QED) is 0.763. The van der Waals surface area contributed by atoms with Gasteiger partial charge in [0.15, 0.2) is 0 Å². The average molecular weight is 246 g/mol. The number of fused-ring (bicyclic) bond motifs is 1. The van der Waals surface area contributed by atoms with E-state index in [2.05, 4.69) is 38.1 Å². The SMILES string of the molecule is CCOC(=O)C1Cc2ccccc2C(C)(CC)C1. The van der Waals surface area contributed by atoms with Crippen molar-refractivity contribution < 1.29 is 9.53 Å². The first-order valence-corrected chi connectivity index (χ1v) is 6.85. The van der Waals surface area contributed by atoms with Gasteiger partial charge in [0.05, 0.1) is 12.5 Å². The van der Waals surface area contributed by atoms with Crippen molar-refractivity contribution in [2.75, 3.05) is 6.61 Å². The van der Waals surface area contributed by atoms with E-state index in [1.54, 1.807) is 0 Å². The fourth-order valence-electron chi connectivity index (χ4n) is 3.04. The highest BCUT2D eigenvalue weighted by Crippen LogP contribution is 2.42. The minimum Gasteiger partial charge on any atom is -0.466 e. The molecule has 0 spiro atoms. The molecule has 2 unspecified atom stereocenters. The Morgan fingerprint density at radius 2 is 2.11 bits per heavy atom. The van der Waals surface area contributed by atoms with Crippen LogP contribution in [0.4, 0.5) is 0 Å². The van der Waals surface area contributed by atoms with Crippen molar-refractivity contribution in [3.8, 4) is 0 Å². The van der Waals surface area contributed by atoms with Crippen molar-refractivity contribution >= 4 is 5.97 Å². The Labute approximate surface area is 109 Å². The fraction of sp³-hybridized carbons (Fsp3) is 0.562. The maximum Gasteiger partial charge on any atom is 0.309 e. The maximum atomic E-state index is 12.0. The third-order valence-electron chi connectivity index (χ3n) is 4.23. The molecule has 0 aromatic heterocycles. The molecule has 0 radical (unpaired) electrons. The molecule has 2 nitrogen and oxygen atoms in total. The lowest BCUT2D eigenvalue weighted by molar-refractivity contribution is -0.149. The highest BCUT2D eigenvalue weighted by Gasteiger charge is 2.38. The summed E-state index contributed by atoms with van der Waals surface area (Å²) in [7, 11) is 0. The molecule has 2 rings (SSSR count). The minimum absolute atomic E-state index is 0.0183. The second-order valence-electron chi connectivity index (χ2n) is 5.43. The van der Waals surface area contributed by atoms with E-state index in [0.29, 0.717) is 6.61 Å². The molecular weight excluding hydrogens is 224 g/mol. The molecule has 98 valence electrons. The number of carbonyl (C=O) groups excluding carboxylic acids is 1. The van der Waals surface area contributed by atoms with Gasteiger partial charge in [-0.2, -0.15) is 0 Å². The molecule has 0 heterocycles. The molecule has 0 N–H and O–H groups in total. The van der Waals surface area contributed by atoms with Gasteiger partial charge in [0.25, 0.3) is 0 Å². The predicted octanol–water partition coefficient (Wildman–Crippen LogP) is 3.48. The average Bonchev–Trinajstić information content (AvgIpc) is 2.39. The third-order valence-corrected chi connectivity index (χ3v) is 4.23. The molecular formula is C16H22O2. The number of benzene rings is 1. The monoisotopic (exact) mass is 246 g/mol. The van der Waals surface area contributed by atoms with Gasteiger partial charge in [-0.25, -0.2) is 0 Å². The van der Waals surface area contributed by atoms with Gasteiger partial charge >= 0.3 is 5.97 Å². The number of hydrogen-bond acceptors (Lipinski definition) is 2. The van der Waals surface area contributed by atoms with Gasteiger partial charge in [0.2, 0.25) is 0 Å². The van der Waals surface area contributed by atoms with Gasteiger partial charge in [-0.1, -0.05) is 38.1 Å². The van der Waals surface area contributed by atoms with Crippen LogP contribution in [0.1, 0.15) is 44.7 Å². The Morgan fingerprint density at radius 1 is 1.39 bits per heavy atom. The number of rotatable bonds is 3. The summed E-state index contributed by atoms with van der Waals surface area (Å²) in [6, 6.07) is 8.51. The van der Waals surface area contributed by atoms with Gasteiger partial charge in [-0.3, -0.25) is 4.79 Å². The molecule has 2 atom stereocenters. The van der Waals surface area contributed by atoms with Crippen molar-refractivity contribution in [2.45, 2.75) is 45.4 Å². The van der Waals surface area contributed by atoms with E-state index in [-0.39, 0.29) is 17.3 Å². The predicted molar refractivity (Wildman–Crippen MR) is 72.5 cm³/mol. The molecule has 1 aliphatic carbocycles. The molecule has 0 saturated carbocycles. The van der Waals surface area contributed by atoms with Gasteiger partial charge in [-0.05, 0) is 42.7 Å². The lowest BCUT2D eigenvalue weighted by Crippen LogP contribution is -2.36. The van der Waals surface area contributed by atoms with Gasteiger partial charge < -0.3 is 4.74 Å². The van der Waals surface area contributed by atoms with E-state index in [9.17, 15) is 4.79 Å². The van der Waals surface area contributed by atoms with Crippen LogP contribution < -0.4 is 0 Å². The summed E-state index contributed by atoms with van der Waals surface area (Å²) in [5.41, 5.74) is 2.82. The van der Waals surface area contributed by atoms with Crippen molar-refractivity contribution in [2.24, 2.45) is 5.92 Å². The van der Waals surface area contributed by atoms with Gasteiger partial charge in [-0.15, -0.1) is 0 Å². The van der Waals surface area contributed by atoms with Crippen LogP contribution >= 0.6 is 0 Å². The Morgan fingerprint density at radius 3 is 2.78 bits per heavy atom. The second kappa shape index (κ2) is 5.13. The van der Waals surface area contributed by atoms with E-state index < -0.39 is 0 Å². The number of ether oxygens (including phenoxy) is 1. The zero-order valence-corrected chi connectivity index (χ0v) is 11.5. The van der Waals surface area contributed by atoms with Crippen LogP contribution in [0.5, 0.6) is 0 Å². The Kier molecular flexibility index (Phi) is 3.74. The van der Waals surface area contributed by atoms with Crippen molar-refractivity contribution in [3.05, 3.63) is 35.4 Å². The molecule has 0 bridgehead atoms. The highest BCUT2D eigenvalue weighted by atomic mass is 16.5. The standard InChI is InChI=1S/C16H22O2/c1-4-16(3)11-13(15(17)18-5-2)10-12-8-6-7-9-14(12)16/h6-9,13H,4-5,10-11H2,1-3H3. The Bertz CT molecular complexity index is 438. The van der Waals surface area contributed by atoms with Crippen LogP contribution in [0.25, 0.3) is 0 Å². The zero-order chi connectivity index (χ0) is 13.2. The normalized spacial score (nSPS) is 26.5. The summed E-state index contributed by atoms with van der Waals surface area (Å²) in [6.07, 6.45) is 2.78. The third kappa shape index (κ3) is 2.29. The molecule has 0 fully saturated rings. The first-order valence-electron chi connectivity index (χ1n) is 6.85. The van der Waals surface area contributed by atoms with Gasteiger partial charge in [0.1, 0.15) is 0 Å². The number of esters is 1. The molecule has 1 aliphatic rings. The van der Waals surface area contributed by atoms with Crippen LogP contribution in [0.3, 0.4) is 0 Å². The maximum absolute atomic E-state index is 12.0. The highest BCUT2D eigenvalue weighted by molar-refractivity contribution is 5.73. The molecule has 2 heteroatoms. The van der Waals surface area contributed by atoms with Crippen molar-refractivity contribution in [1.29, 1.82) is 0 Å². The van der Waals surface area contributed by atoms with Crippen LogP contribution in [-0.2, 0) is 21.4 Å². The van der Waals surface area contributed by atoms with E-state index in [4.69, 9.17) is 4.74 Å². The van der Waals surface area contributed by atoms with Crippen LogP contribution in [0.2, 0.25) is 0 Å². The molecule has 18 heavy (non-hydrogen) atoms. The lowest BCUT2D eigenvalue weighted by Gasteiger charge is -2.38. The summed E-state index contributed by atoms with van der Waals surface area (Å²) in [4.78, 5) is 12.0. The Balaban J connectivity index is 2.32. The van der Waals surface area contributed by atoms with Crippen LogP contribution in [0, 0.1) is 5.92 Å². The van der Waals surface area contributed by atoms with Crippen LogP contribution in [0.15, 0.2) is 24.3 Å². The number of carbonyl (C=O) groups is 1. The van der Waals surface area contributed by atoms with Gasteiger partial charge in [0, 0.05) is 0 Å². The first-order chi connectivity index (χ1) is 8.60. The molecule has 1 aromatic rings. The summed E-state index contributed by atoms with van der Waals surface area (Å²) in [5, 5.41) is 0. The lowest BCUT2D eigenvalue weighted by atomic mass is 9.66. The first kappa shape index (κ1) is 13.1. The van der Waals surface area contributed by atoms with E-state index in [1.165, 1.54) is 11.1 Å².